The Kier molecular flexibility index (Phi) is 7.29. The summed E-state index contributed by atoms with van der Waals surface area (Å²) in [5, 5.41) is 22.5. The molecule has 2 aromatic carbocycles. The number of fused-ring (bicyclic) bond motifs is 3. The summed E-state index contributed by atoms with van der Waals surface area (Å²) < 4.78 is 38.0. The van der Waals surface area contributed by atoms with Gasteiger partial charge in [0.1, 0.15) is 28.6 Å². The zero-order valence-electron chi connectivity index (χ0n) is 25.6. The third-order valence-corrected chi connectivity index (χ3v) is 10.2. The zero-order valence-corrected chi connectivity index (χ0v) is 25.6. The second-order valence-electron chi connectivity index (χ2n) is 13.3. The summed E-state index contributed by atoms with van der Waals surface area (Å²) in [6, 6.07) is 5.97. The average molecular weight is 614 g/mol. The lowest BCUT2D eigenvalue weighted by Gasteiger charge is -2.40. The maximum atomic E-state index is 16.8. The molecule has 2 saturated heterocycles. The quantitative estimate of drug-likeness (QED) is 0.273. The van der Waals surface area contributed by atoms with Crippen molar-refractivity contribution in [3.63, 3.8) is 0 Å². The van der Waals surface area contributed by atoms with E-state index in [0.717, 1.165) is 38.6 Å². The van der Waals surface area contributed by atoms with Crippen LogP contribution in [-0.4, -0.2) is 75.0 Å². The predicted molar refractivity (Wildman–Crippen MR) is 169 cm³/mol. The molecule has 0 spiro atoms. The maximum Gasteiger partial charge on any atom is 0.319 e. The topological polar surface area (TPSA) is 94.8 Å². The number of β-amino-alcohol motifs (C(OH)–C–C–N with tert-alkyl or cyclic N) is 1. The Hall–Kier alpha value is -4.07. The molecule has 2 N–H and O–H groups in total. The molecule has 0 bridgehead atoms. The first-order valence-electron chi connectivity index (χ1n) is 15.7. The summed E-state index contributed by atoms with van der Waals surface area (Å²) in [6.07, 6.45) is 14.1. The van der Waals surface area contributed by atoms with Gasteiger partial charge >= 0.3 is 6.01 Å². The minimum Gasteiger partial charge on any atom is -0.508 e. The van der Waals surface area contributed by atoms with E-state index in [1.54, 1.807) is 6.92 Å². The number of aromatic nitrogens is 3. The highest BCUT2D eigenvalue weighted by atomic mass is 19.1. The van der Waals surface area contributed by atoms with Crippen molar-refractivity contribution in [3.05, 3.63) is 47.7 Å². The van der Waals surface area contributed by atoms with Crippen LogP contribution in [0.25, 0.3) is 32.9 Å². The molecular weight excluding hydrogens is 576 g/mol. The lowest BCUT2D eigenvalue weighted by molar-refractivity contribution is 0.0444. The van der Waals surface area contributed by atoms with Crippen molar-refractivity contribution >= 4 is 27.5 Å². The Morgan fingerprint density at radius 1 is 1.11 bits per heavy atom. The van der Waals surface area contributed by atoms with E-state index in [1.165, 1.54) is 36.9 Å². The molecule has 45 heavy (non-hydrogen) atoms. The molecule has 1 aliphatic carbocycles. The highest BCUT2D eigenvalue weighted by molar-refractivity contribution is 6.03. The van der Waals surface area contributed by atoms with Crippen LogP contribution in [0.15, 0.2) is 30.5 Å². The average Bonchev–Trinajstić information content (AvgIpc) is 3.36. The van der Waals surface area contributed by atoms with Crippen LogP contribution in [-0.2, 0) is 0 Å². The SMILES string of the molecule is C#Cc1c(F)ccc2cc(O)cc(-c3ncc4c(N5CCCC(C)(O)C5)nc(OCC56CCCCC5N(C)CC6)nc4c3F)c12. The number of ether oxygens (including phenoxy) is 1. The van der Waals surface area contributed by atoms with E-state index < -0.39 is 17.2 Å². The van der Waals surface area contributed by atoms with Gasteiger partial charge in [0.2, 0.25) is 0 Å². The molecule has 2 aromatic heterocycles. The number of nitrogens with zero attached hydrogens (tertiary/aromatic N) is 5. The number of hydrogen-bond acceptors (Lipinski definition) is 8. The van der Waals surface area contributed by atoms with E-state index in [9.17, 15) is 14.6 Å². The minimum absolute atomic E-state index is 0.0124. The van der Waals surface area contributed by atoms with Gasteiger partial charge in [0.25, 0.3) is 0 Å². The van der Waals surface area contributed by atoms with Crippen LogP contribution >= 0.6 is 0 Å². The second kappa shape index (κ2) is 11.1. The van der Waals surface area contributed by atoms with Gasteiger partial charge in [0.05, 0.1) is 23.2 Å². The van der Waals surface area contributed by atoms with Crippen molar-refractivity contribution in [1.82, 2.24) is 19.9 Å². The Morgan fingerprint density at radius 2 is 1.96 bits per heavy atom. The fraction of sp³-hybridized carbons (Fsp3) is 0.457. The Bertz CT molecular complexity index is 1850. The number of halogens is 2. The van der Waals surface area contributed by atoms with E-state index in [2.05, 4.69) is 27.8 Å². The van der Waals surface area contributed by atoms with Crippen LogP contribution in [0.2, 0.25) is 0 Å². The fourth-order valence-corrected chi connectivity index (χ4v) is 7.94. The number of aliphatic hydroxyl groups is 1. The van der Waals surface area contributed by atoms with Crippen molar-refractivity contribution in [1.29, 1.82) is 0 Å². The normalized spacial score (nSPS) is 25.4. The lowest BCUT2D eigenvalue weighted by atomic mass is 9.71. The number of hydrogen-bond donors (Lipinski definition) is 2. The van der Waals surface area contributed by atoms with E-state index in [4.69, 9.17) is 16.1 Å². The summed E-state index contributed by atoms with van der Waals surface area (Å²) >= 11 is 0. The molecule has 3 atom stereocenters. The third kappa shape index (κ3) is 5.12. The maximum absolute atomic E-state index is 16.8. The number of anilines is 1. The van der Waals surface area contributed by atoms with Crippen LogP contribution in [0.4, 0.5) is 14.6 Å². The van der Waals surface area contributed by atoms with Crippen molar-refractivity contribution in [3.8, 4) is 35.4 Å². The molecule has 3 unspecified atom stereocenters. The molecule has 7 rings (SSSR count). The fourth-order valence-electron chi connectivity index (χ4n) is 7.94. The van der Waals surface area contributed by atoms with E-state index in [1.807, 2.05) is 4.90 Å². The van der Waals surface area contributed by atoms with Gasteiger partial charge in [-0.05, 0) is 76.2 Å². The second-order valence-corrected chi connectivity index (χ2v) is 13.3. The minimum atomic E-state index is -0.943. The van der Waals surface area contributed by atoms with E-state index in [0.29, 0.717) is 48.7 Å². The number of rotatable bonds is 5. The van der Waals surface area contributed by atoms with Gasteiger partial charge in [-0.25, -0.2) is 8.78 Å². The smallest absolute Gasteiger partial charge is 0.319 e. The highest BCUT2D eigenvalue weighted by Gasteiger charge is 2.48. The first-order chi connectivity index (χ1) is 21.6. The Morgan fingerprint density at radius 3 is 2.76 bits per heavy atom. The van der Waals surface area contributed by atoms with Gasteiger partial charge < -0.3 is 24.7 Å². The first kappa shape index (κ1) is 29.6. The molecule has 4 heterocycles. The van der Waals surface area contributed by atoms with E-state index in [-0.39, 0.29) is 44.9 Å². The number of likely N-dealkylation sites (tertiary alicyclic amines) is 1. The van der Waals surface area contributed by atoms with Crippen molar-refractivity contribution in [2.24, 2.45) is 5.41 Å². The number of phenols is 1. The Balaban J connectivity index is 1.38. The molecule has 3 fully saturated rings. The van der Waals surface area contributed by atoms with Gasteiger partial charge in [0, 0.05) is 41.7 Å². The number of terminal acetylenes is 1. The van der Waals surface area contributed by atoms with Gasteiger partial charge in [-0.15, -0.1) is 6.42 Å². The molecule has 4 aromatic rings. The molecule has 10 heteroatoms. The predicted octanol–water partition coefficient (Wildman–Crippen LogP) is 5.80. The standard InChI is InChI=1S/C35H37F2N5O3/c1-4-23-26(36)10-9-21-16-22(43)17-24(28(21)23)30-29(37)31-25(18-38-30)32(42-14-7-11-34(2,44)19-42)40-33(39-31)45-20-35-12-6-5-8-27(35)41(3)15-13-35/h1,9-10,16-18,27,43-44H,5-8,11-15,19-20H2,2-3H3. The summed E-state index contributed by atoms with van der Waals surface area (Å²) in [4.78, 5) is 18.2. The summed E-state index contributed by atoms with van der Waals surface area (Å²) in [5.74, 6) is 1.28. The Labute approximate surface area is 261 Å². The van der Waals surface area contributed by atoms with Crippen LogP contribution in [0.5, 0.6) is 11.8 Å². The van der Waals surface area contributed by atoms with Crippen molar-refractivity contribution < 1.29 is 23.7 Å². The zero-order chi connectivity index (χ0) is 31.5. The molecule has 234 valence electrons. The van der Waals surface area contributed by atoms with E-state index >= 15 is 4.39 Å². The van der Waals surface area contributed by atoms with Crippen molar-refractivity contribution in [2.75, 3.05) is 38.2 Å². The monoisotopic (exact) mass is 613 g/mol. The van der Waals surface area contributed by atoms with Gasteiger partial charge in [-0.3, -0.25) is 4.98 Å². The third-order valence-electron chi connectivity index (χ3n) is 10.2. The summed E-state index contributed by atoms with van der Waals surface area (Å²) in [5.41, 5.74) is -0.996. The van der Waals surface area contributed by atoms with Crippen LogP contribution in [0.3, 0.4) is 0 Å². The van der Waals surface area contributed by atoms with Gasteiger partial charge in [-0.2, -0.15) is 9.97 Å². The molecule has 0 amide bonds. The molecule has 3 aliphatic rings. The number of piperidine rings is 1. The van der Waals surface area contributed by atoms with Crippen LogP contribution < -0.4 is 9.64 Å². The molecular formula is C35H37F2N5O3. The number of benzene rings is 2. The summed E-state index contributed by atoms with van der Waals surface area (Å²) in [7, 11) is 2.16. The largest absolute Gasteiger partial charge is 0.508 e. The van der Waals surface area contributed by atoms with Crippen molar-refractivity contribution in [2.45, 2.75) is 63.5 Å². The van der Waals surface area contributed by atoms with Gasteiger partial charge in [0.15, 0.2) is 5.82 Å². The molecule has 0 radical (unpaired) electrons. The first-order valence-corrected chi connectivity index (χ1v) is 15.7. The molecule has 8 nitrogen and oxygen atoms in total. The number of pyridine rings is 1. The molecule has 2 aliphatic heterocycles. The number of phenolic OH excluding ortho intramolecular Hbond substituents is 1. The van der Waals surface area contributed by atoms with Gasteiger partial charge in [-0.1, -0.05) is 24.8 Å². The number of aromatic hydroxyl groups is 1. The lowest BCUT2D eigenvalue weighted by Crippen LogP contribution is -2.46. The van der Waals surface area contributed by atoms with Crippen LogP contribution in [0.1, 0.15) is 57.4 Å². The van der Waals surface area contributed by atoms with Crippen LogP contribution in [0, 0.1) is 29.4 Å². The highest BCUT2D eigenvalue weighted by Crippen LogP contribution is 2.47. The summed E-state index contributed by atoms with van der Waals surface area (Å²) in [6.45, 7) is 4.13. The molecule has 1 saturated carbocycles.